The summed E-state index contributed by atoms with van der Waals surface area (Å²) in [5.41, 5.74) is 3.04. The maximum Gasteiger partial charge on any atom is 0.407 e. The van der Waals surface area contributed by atoms with Crippen LogP contribution in [0.4, 0.5) is 9.59 Å². The highest BCUT2D eigenvalue weighted by atomic mass is 32.1. The third kappa shape index (κ3) is 7.41. The highest BCUT2D eigenvalue weighted by Crippen LogP contribution is 2.38. The SMILES string of the molecule is COC(=O)NC(C(=O)N1CCCC1c1cnc(-c2cn3cc(-c4cn5cc(-c6ncc(C7CCCN7C(=O)C(NC(=O)OC)C(C)C)[nH]6)nc5s4)sc3n2)[nH]1)C(C)C. The van der Waals surface area contributed by atoms with E-state index < -0.39 is 24.3 Å². The highest BCUT2D eigenvalue weighted by Gasteiger charge is 2.38. The van der Waals surface area contributed by atoms with E-state index in [1.54, 1.807) is 35.1 Å². The van der Waals surface area contributed by atoms with E-state index in [0.717, 1.165) is 56.7 Å². The molecule has 0 aromatic carbocycles. The fourth-order valence-electron chi connectivity index (χ4n) is 7.78. The molecule has 0 saturated carbocycles. The van der Waals surface area contributed by atoms with Gasteiger partial charge in [-0.3, -0.25) is 18.4 Å². The predicted molar refractivity (Wildman–Crippen MR) is 216 cm³/mol. The number of hydrogen-bond acceptors (Lipinski definition) is 12. The van der Waals surface area contributed by atoms with Crippen LogP contribution in [0.15, 0.2) is 37.2 Å². The summed E-state index contributed by atoms with van der Waals surface area (Å²) >= 11 is 3.13. The van der Waals surface area contributed by atoms with Crippen molar-refractivity contribution < 1.29 is 28.7 Å². The minimum atomic E-state index is -0.694. The zero-order valence-electron chi connectivity index (χ0n) is 33.0. The van der Waals surface area contributed by atoms with Gasteiger partial charge in [0.05, 0.1) is 59.8 Å². The van der Waals surface area contributed by atoms with Crippen molar-refractivity contribution in [2.24, 2.45) is 11.8 Å². The number of fused-ring (bicyclic) bond motifs is 2. The third-order valence-electron chi connectivity index (χ3n) is 10.8. The van der Waals surface area contributed by atoms with Gasteiger partial charge < -0.3 is 39.9 Å². The Morgan fingerprint density at radius 3 is 1.47 bits per heavy atom. The van der Waals surface area contributed by atoms with Gasteiger partial charge in [0.1, 0.15) is 23.5 Å². The number of carbonyl (C=O) groups excluding carboxylic acids is 4. The van der Waals surface area contributed by atoms with Crippen LogP contribution in [-0.2, 0) is 19.1 Å². The summed E-state index contributed by atoms with van der Waals surface area (Å²) in [5.74, 6) is 0.723. The van der Waals surface area contributed by atoms with Crippen molar-refractivity contribution >= 4 is 56.6 Å². The molecule has 2 saturated heterocycles. The number of nitrogens with one attached hydrogen (secondary N) is 4. The van der Waals surface area contributed by atoms with Gasteiger partial charge in [-0.25, -0.2) is 29.5 Å². The van der Waals surface area contributed by atoms with Crippen molar-refractivity contribution in [3.05, 3.63) is 48.6 Å². The molecule has 2 aliphatic rings. The summed E-state index contributed by atoms with van der Waals surface area (Å²) in [5, 5.41) is 5.39. The minimum absolute atomic E-state index is 0.112. The summed E-state index contributed by atoms with van der Waals surface area (Å²) in [4.78, 5) is 84.2. The number of ether oxygens (including phenoxy) is 2. The number of rotatable bonds is 11. The lowest BCUT2D eigenvalue weighted by molar-refractivity contribution is -0.136. The molecule has 6 aromatic rings. The van der Waals surface area contributed by atoms with Crippen molar-refractivity contribution in [3.8, 4) is 32.8 Å². The normalized spacial score (nSPS) is 18.1. The highest BCUT2D eigenvalue weighted by molar-refractivity contribution is 7.26. The number of nitrogens with zero attached hydrogens (tertiary/aromatic N) is 8. The fraction of sp³-hybridized carbons (Fsp3) is 0.474. The van der Waals surface area contributed by atoms with E-state index in [-0.39, 0.29) is 35.7 Å². The zero-order valence-corrected chi connectivity index (χ0v) is 34.6. The number of methoxy groups -OCH3 is 2. The molecule has 0 radical (unpaired) electrons. The number of aromatic amines is 2. The monoisotopic (exact) mass is 830 g/mol. The number of H-pyrrole nitrogens is 2. The lowest BCUT2D eigenvalue weighted by Gasteiger charge is -2.30. The molecule has 4 N–H and O–H groups in total. The molecular formula is C38H46N12O6S2. The molecule has 8 rings (SSSR count). The molecule has 4 unspecified atom stereocenters. The quantitative estimate of drug-likeness (QED) is 0.126. The predicted octanol–water partition coefficient (Wildman–Crippen LogP) is 5.64. The summed E-state index contributed by atoms with van der Waals surface area (Å²) in [6.45, 7) is 8.77. The lowest BCUT2D eigenvalue weighted by Crippen LogP contribution is -2.51. The van der Waals surface area contributed by atoms with E-state index in [1.807, 2.05) is 71.1 Å². The molecule has 4 amide bonds. The second-order valence-electron chi connectivity index (χ2n) is 15.3. The van der Waals surface area contributed by atoms with Gasteiger partial charge in [0.25, 0.3) is 0 Å². The third-order valence-corrected chi connectivity index (χ3v) is 13.0. The average molecular weight is 831 g/mol. The molecule has 0 aliphatic carbocycles. The Morgan fingerprint density at radius 2 is 1.10 bits per heavy atom. The van der Waals surface area contributed by atoms with Gasteiger partial charge in [-0.2, -0.15) is 0 Å². The number of likely N-dealkylation sites (tertiary alicyclic amines) is 2. The summed E-state index contributed by atoms with van der Waals surface area (Å²) in [6.07, 6.45) is 13.5. The van der Waals surface area contributed by atoms with Crippen LogP contribution in [0.25, 0.3) is 42.7 Å². The molecule has 8 heterocycles. The first-order valence-electron chi connectivity index (χ1n) is 19.3. The molecule has 6 aromatic heterocycles. The second-order valence-corrected chi connectivity index (χ2v) is 17.3. The molecular weight excluding hydrogens is 785 g/mol. The van der Waals surface area contributed by atoms with Gasteiger partial charge in [0.15, 0.2) is 21.6 Å². The fourth-order valence-corrected chi connectivity index (χ4v) is 9.77. The van der Waals surface area contributed by atoms with Crippen LogP contribution < -0.4 is 10.6 Å². The Hall–Kier alpha value is -5.76. The summed E-state index contributed by atoms with van der Waals surface area (Å²) in [6, 6.07) is -1.76. The Balaban J connectivity index is 0.943. The van der Waals surface area contributed by atoms with E-state index in [9.17, 15) is 19.2 Å². The van der Waals surface area contributed by atoms with Crippen LogP contribution in [0.2, 0.25) is 0 Å². The van der Waals surface area contributed by atoms with Crippen LogP contribution in [0.5, 0.6) is 0 Å². The molecule has 306 valence electrons. The molecule has 4 atom stereocenters. The Morgan fingerprint density at radius 1 is 0.690 bits per heavy atom. The largest absolute Gasteiger partial charge is 0.453 e. The molecule has 0 spiro atoms. The first-order chi connectivity index (χ1) is 27.9. The zero-order chi connectivity index (χ0) is 40.8. The number of aromatic nitrogens is 8. The molecule has 2 fully saturated rings. The van der Waals surface area contributed by atoms with Crippen molar-refractivity contribution in [2.75, 3.05) is 27.3 Å². The van der Waals surface area contributed by atoms with Gasteiger partial charge in [-0.05, 0) is 37.5 Å². The number of alkyl carbamates (subject to hydrolysis) is 2. The van der Waals surface area contributed by atoms with Crippen LogP contribution in [0.3, 0.4) is 0 Å². The maximum atomic E-state index is 13.6. The average Bonchev–Trinajstić information content (AvgIpc) is 4.02. The maximum absolute atomic E-state index is 13.6. The molecule has 2 aliphatic heterocycles. The van der Waals surface area contributed by atoms with Crippen LogP contribution in [-0.4, -0.2) is 112 Å². The topological polar surface area (TPSA) is 209 Å². The first kappa shape index (κ1) is 39.1. The molecule has 18 nitrogen and oxygen atoms in total. The number of carbonyl (C=O) groups is 4. The van der Waals surface area contributed by atoms with Crippen LogP contribution in [0.1, 0.15) is 76.8 Å². The number of thiazole rings is 2. The second kappa shape index (κ2) is 15.9. The van der Waals surface area contributed by atoms with Crippen LogP contribution in [0, 0.1) is 11.8 Å². The van der Waals surface area contributed by atoms with Crippen molar-refractivity contribution in [1.29, 1.82) is 0 Å². The Labute approximate surface area is 341 Å². The smallest absolute Gasteiger partial charge is 0.407 e. The van der Waals surface area contributed by atoms with Gasteiger partial charge in [0, 0.05) is 37.9 Å². The Kier molecular flexibility index (Phi) is 10.7. The number of amides is 4. The first-order valence-corrected chi connectivity index (χ1v) is 20.9. The van der Waals surface area contributed by atoms with Gasteiger partial charge in [-0.15, -0.1) is 0 Å². The van der Waals surface area contributed by atoms with Gasteiger partial charge in [-0.1, -0.05) is 50.4 Å². The van der Waals surface area contributed by atoms with Crippen molar-refractivity contribution in [2.45, 2.75) is 77.5 Å². The molecule has 20 heteroatoms. The van der Waals surface area contributed by atoms with Gasteiger partial charge >= 0.3 is 12.2 Å². The van der Waals surface area contributed by atoms with Crippen molar-refractivity contribution in [3.63, 3.8) is 0 Å². The lowest BCUT2D eigenvalue weighted by atomic mass is 10.0. The van der Waals surface area contributed by atoms with Gasteiger partial charge in [0.2, 0.25) is 11.8 Å². The molecule has 58 heavy (non-hydrogen) atoms. The van der Waals surface area contributed by atoms with E-state index in [4.69, 9.17) is 19.4 Å². The van der Waals surface area contributed by atoms with E-state index >= 15 is 0 Å². The van der Waals surface area contributed by atoms with Crippen molar-refractivity contribution in [1.82, 2.24) is 59.1 Å². The minimum Gasteiger partial charge on any atom is -0.453 e. The van der Waals surface area contributed by atoms with E-state index in [0.29, 0.717) is 36.1 Å². The Bertz CT molecular complexity index is 2240. The van der Waals surface area contributed by atoms with E-state index in [1.165, 1.54) is 14.2 Å². The number of imidazole rings is 4. The summed E-state index contributed by atoms with van der Waals surface area (Å²) in [7, 11) is 2.57. The van der Waals surface area contributed by atoms with E-state index in [2.05, 4.69) is 30.6 Å². The van der Waals surface area contributed by atoms with Crippen LogP contribution >= 0.6 is 22.7 Å². The molecule has 0 bridgehead atoms. The number of hydrogen-bond donors (Lipinski definition) is 4. The summed E-state index contributed by atoms with van der Waals surface area (Å²) < 4.78 is 13.5. The standard InChI is InChI=1S/C38H46N12O6S2/c1-19(2)29(45-37(53)55-5)33(51)49-11-7-9-25(49)21-13-39-31(41-21)23-15-47-17-27(57-35(47)43-23)28-18-48-16-24(44-36(48)58-28)32-40-14-22(42-32)26-10-8-12-50(26)34(52)30(20(3)4)46-38(54)56-6/h13-20,25-26,29-30H,7-12H2,1-6H3,(H,39,41)(H,40,42)(H,45,53)(H,46,54).